The Morgan fingerprint density at radius 1 is 1.12 bits per heavy atom. The highest BCUT2D eigenvalue weighted by molar-refractivity contribution is 6.05. The molecule has 3 amide bonds. The van der Waals surface area contributed by atoms with Gasteiger partial charge in [-0.1, -0.05) is 6.07 Å². The zero-order valence-corrected chi connectivity index (χ0v) is 15.2. The summed E-state index contributed by atoms with van der Waals surface area (Å²) in [5.41, 5.74) is 3.02. The van der Waals surface area contributed by atoms with Gasteiger partial charge in [0.15, 0.2) is 0 Å². The van der Waals surface area contributed by atoms with E-state index in [9.17, 15) is 9.59 Å². The second kappa shape index (κ2) is 7.47. The van der Waals surface area contributed by atoms with Crippen molar-refractivity contribution in [2.24, 2.45) is 0 Å². The van der Waals surface area contributed by atoms with Crippen molar-refractivity contribution in [3.8, 4) is 5.75 Å². The number of ether oxygens (including phenoxy) is 1. The maximum atomic E-state index is 12.7. The second-order valence-electron chi connectivity index (χ2n) is 6.49. The standard InChI is InChI=1S/C20H23N3O3/c1-13(2)21-19(24)17-5-4-6-18-16(17)11-12-23(18)20(25)22-14-7-9-15(26-3)10-8-14/h4-10,13H,11-12H2,1-3H3,(H,21,24)(H,22,25). The van der Waals surface area contributed by atoms with E-state index in [4.69, 9.17) is 4.74 Å². The Morgan fingerprint density at radius 3 is 2.50 bits per heavy atom. The molecule has 26 heavy (non-hydrogen) atoms. The smallest absolute Gasteiger partial charge is 0.326 e. The average Bonchev–Trinajstić information content (AvgIpc) is 3.06. The molecule has 0 radical (unpaired) electrons. The molecular formula is C20H23N3O3. The lowest BCUT2D eigenvalue weighted by Crippen LogP contribution is -2.33. The molecule has 0 atom stereocenters. The predicted octanol–water partition coefficient (Wildman–Crippen LogP) is 3.43. The van der Waals surface area contributed by atoms with Gasteiger partial charge in [-0.25, -0.2) is 4.79 Å². The molecule has 2 aromatic rings. The van der Waals surface area contributed by atoms with Crippen molar-refractivity contribution >= 4 is 23.3 Å². The molecule has 136 valence electrons. The number of carbonyl (C=O) groups is 2. The number of nitrogens with zero attached hydrogens (tertiary/aromatic N) is 1. The van der Waals surface area contributed by atoms with Gasteiger partial charge in [-0.3, -0.25) is 9.69 Å². The number of nitrogens with one attached hydrogen (secondary N) is 2. The van der Waals surface area contributed by atoms with Crippen molar-refractivity contribution in [2.45, 2.75) is 26.3 Å². The molecule has 2 aromatic carbocycles. The summed E-state index contributed by atoms with van der Waals surface area (Å²) in [5.74, 6) is 0.629. The fourth-order valence-corrected chi connectivity index (χ4v) is 3.06. The topological polar surface area (TPSA) is 70.7 Å². The van der Waals surface area contributed by atoms with E-state index in [-0.39, 0.29) is 18.0 Å². The summed E-state index contributed by atoms with van der Waals surface area (Å²) < 4.78 is 5.12. The van der Waals surface area contributed by atoms with Crippen LogP contribution in [0.25, 0.3) is 0 Å². The van der Waals surface area contributed by atoms with Gasteiger partial charge in [0.1, 0.15) is 5.75 Å². The minimum Gasteiger partial charge on any atom is -0.497 e. The Morgan fingerprint density at radius 2 is 1.85 bits per heavy atom. The summed E-state index contributed by atoms with van der Waals surface area (Å²) in [5, 5.41) is 5.80. The first-order valence-corrected chi connectivity index (χ1v) is 8.65. The van der Waals surface area contributed by atoms with Crippen LogP contribution in [0.5, 0.6) is 5.75 Å². The Kier molecular flexibility index (Phi) is 5.11. The maximum absolute atomic E-state index is 12.7. The van der Waals surface area contributed by atoms with Crippen molar-refractivity contribution in [1.29, 1.82) is 0 Å². The first-order valence-electron chi connectivity index (χ1n) is 8.65. The number of benzene rings is 2. The molecule has 2 N–H and O–H groups in total. The fraction of sp³-hybridized carbons (Fsp3) is 0.300. The Hall–Kier alpha value is -3.02. The molecule has 1 heterocycles. The van der Waals surface area contributed by atoms with E-state index >= 15 is 0 Å². The molecule has 6 nitrogen and oxygen atoms in total. The van der Waals surface area contributed by atoms with Gasteiger partial charge >= 0.3 is 6.03 Å². The van der Waals surface area contributed by atoms with E-state index in [0.717, 1.165) is 17.0 Å². The lowest BCUT2D eigenvalue weighted by atomic mass is 10.0. The van der Waals surface area contributed by atoms with E-state index in [0.29, 0.717) is 24.2 Å². The number of urea groups is 1. The van der Waals surface area contributed by atoms with Crippen LogP contribution in [-0.2, 0) is 6.42 Å². The normalized spacial score (nSPS) is 12.7. The number of hydrogen-bond acceptors (Lipinski definition) is 3. The molecule has 0 saturated heterocycles. The summed E-state index contributed by atoms with van der Waals surface area (Å²) in [4.78, 5) is 26.7. The van der Waals surface area contributed by atoms with Crippen LogP contribution in [0.3, 0.4) is 0 Å². The van der Waals surface area contributed by atoms with E-state index in [2.05, 4.69) is 10.6 Å². The van der Waals surface area contributed by atoms with E-state index in [1.165, 1.54) is 0 Å². The molecule has 0 fully saturated rings. The Bertz CT molecular complexity index is 816. The van der Waals surface area contributed by atoms with Crippen LogP contribution in [0.4, 0.5) is 16.2 Å². The maximum Gasteiger partial charge on any atom is 0.326 e. The van der Waals surface area contributed by atoms with Crippen molar-refractivity contribution in [2.75, 3.05) is 23.9 Å². The third kappa shape index (κ3) is 3.64. The largest absolute Gasteiger partial charge is 0.497 e. The van der Waals surface area contributed by atoms with Gasteiger partial charge in [-0.15, -0.1) is 0 Å². The van der Waals surface area contributed by atoms with Crippen molar-refractivity contribution in [1.82, 2.24) is 5.32 Å². The van der Waals surface area contributed by atoms with Gasteiger partial charge in [-0.2, -0.15) is 0 Å². The molecule has 0 aliphatic carbocycles. The highest BCUT2D eigenvalue weighted by atomic mass is 16.5. The first kappa shape index (κ1) is 17.8. The molecule has 0 spiro atoms. The van der Waals surface area contributed by atoms with Gasteiger partial charge < -0.3 is 15.4 Å². The fourth-order valence-electron chi connectivity index (χ4n) is 3.06. The van der Waals surface area contributed by atoms with Crippen LogP contribution in [0.1, 0.15) is 29.8 Å². The number of hydrogen-bond donors (Lipinski definition) is 2. The third-order valence-electron chi connectivity index (χ3n) is 4.28. The number of amides is 3. The lowest BCUT2D eigenvalue weighted by molar-refractivity contribution is 0.0942. The second-order valence-corrected chi connectivity index (χ2v) is 6.49. The van der Waals surface area contributed by atoms with Crippen LogP contribution in [0.15, 0.2) is 42.5 Å². The third-order valence-corrected chi connectivity index (χ3v) is 4.28. The number of rotatable bonds is 4. The molecule has 1 aliphatic heterocycles. The molecule has 1 aliphatic rings. The van der Waals surface area contributed by atoms with Crippen LogP contribution in [-0.4, -0.2) is 31.6 Å². The highest BCUT2D eigenvalue weighted by Crippen LogP contribution is 2.31. The van der Waals surface area contributed by atoms with Crippen molar-refractivity contribution in [3.63, 3.8) is 0 Å². The molecule has 6 heteroatoms. The van der Waals surface area contributed by atoms with E-state index in [1.54, 1.807) is 42.3 Å². The minimum atomic E-state index is -0.213. The van der Waals surface area contributed by atoms with Gasteiger partial charge in [0.2, 0.25) is 0 Å². The lowest BCUT2D eigenvalue weighted by Gasteiger charge is -2.19. The number of fused-ring (bicyclic) bond motifs is 1. The number of methoxy groups -OCH3 is 1. The number of anilines is 2. The molecule has 0 unspecified atom stereocenters. The number of carbonyl (C=O) groups excluding carboxylic acids is 2. The van der Waals surface area contributed by atoms with Crippen molar-refractivity contribution in [3.05, 3.63) is 53.6 Å². The Labute approximate surface area is 153 Å². The summed E-state index contributed by atoms with van der Waals surface area (Å²) in [6.07, 6.45) is 0.660. The van der Waals surface area contributed by atoms with E-state index in [1.807, 2.05) is 26.0 Å². The highest BCUT2D eigenvalue weighted by Gasteiger charge is 2.28. The summed E-state index contributed by atoms with van der Waals surface area (Å²) in [7, 11) is 1.60. The van der Waals surface area contributed by atoms with Crippen molar-refractivity contribution < 1.29 is 14.3 Å². The predicted molar refractivity (Wildman–Crippen MR) is 102 cm³/mol. The summed E-state index contributed by atoms with van der Waals surface area (Å²) >= 11 is 0. The minimum absolute atomic E-state index is 0.0641. The molecule has 3 rings (SSSR count). The van der Waals surface area contributed by atoms with Gasteiger partial charge in [0.25, 0.3) is 5.91 Å². The van der Waals surface area contributed by atoms with Gasteiger partial charge in [-0.05, 0) is 62.2 Å². The van der Waals surface area contributed by atoms with Crippen LogP contribution >= 0.6 is 0 Å². The zero-order valence-electron chi connectivity index (χ0n) is 15.2. The molecule has 0 saturated carbocycles. The van der Waals surface area contributed by atoms with E-state index < -0.39 is 0 Å². The summed E-state index contributed by atoms with van der Waals surface area (Å²) in [6.45, 7) is 4.40. The summed E-state index contributed by atoms with van der Waals surface area (Å²) in [6, 6.07) is 12.5. The van der Waals surface area contributed by atoms with Gasteiger partial charge in [0, 0.05) is 29.5 Å². The van der Waals surface area contributed by atoms with Crippen LogP contribution < -0.4 is 20.3 Å². The average molecular weight is 353 g/mol. The van der Waals surface area contributed by atoms with Crippen LogP contribution in [0, 0.1) is 0 Å². The SMILES string of the molecule is COc1ccc(NC(=O)N2CCc3c(C(=O)NC(C)C)cccc32)cc1. The molecule has 0 aromatic heterocycles. The molecule has 0 bridgehead atoms. The first-order chi connectivity index (χ1) is 12.5. The zero-order chi connectivity index (χ0) is 18.7. The monoisotopic (exact) mass is 353 g/mol. The molecular weight excluding hydrogens is 330 g/mol. The quantitative estimate of drug-likeness (QED) is 0.885. The van der Waals surface area contributed by atoms with Crippen LogP contribution in [0.2, 0.25) is 0 Å². The van der Waals surface area contributed by atoms with Gasteiger partial charge in [0.05, 0.1) is 7.11 Å². The Balaban J connectivity index is 1.78.